The van der Waals surface area contributed by atoms with E-state index in [1.54, 1.807) is 20.2 Å². The number of esters is 1. The summed E-state index contributed by atoms with van der Waals surface area (Å²) in [6.07, 6.45) is 0. The molecule has 2 amide bonds. The topological polar surface area (TPSA) is 75.7 Å². The number of hydrogen-bond acceptors (Lipinski definition) is 5. The van der Waals surface area contributed by atoms with Gasteiger partial charge in [0.1, 0.15) is 0 Å². The molecule has 0 bridgehead atoms. The van der Waals surface area contributed by atoms with E-state index in [2.05, 4.69) is 5.32 Å². The molecular formula is C15H20N2O4S. The molecule has 0 saturated carbocycles. The molecule has 0 fully saturated rings. The highest BCUT2D eigenvalue weighted by Crippen LogP contribution is 2.10. The summed E-state index contributed by atoms with van der Waals surface area (Å²) < 4.78 is 4.80. The van der Waals surface area contributed by atoms with Crippen molar-refractivity contribution in [2.75, 3.05) is 37.5 Å². The summed E-state index contributed by atoms with van der Waals surface area (Å²) in [6.45, 7) is 1.66. The third-order valence-corrected chi connectivity index (χ3v) is 3.52. The number of carbonyl (C=O) groups excluding carboxylic acids is 3. The summed E-state index contributed by atoms with van der Waals surface area (Å²) in [4.78, 5) is 35.7. The SMILES string of the molecule is Cc1cccc(NC(=O)CSCC(=O)OCC(=O)N(C)C)c1. The standard InChI is InChI=1S/C15H20N2O4S/c1-11-5-4-6-12(7-11)16-13(18)9-22-10-15(20)21-8-14(19)17(2)3/h4-7H,8-10H2,1-3H3,(H,16,18). The van der Waals surface area contributed by atoms with Gasteiger partial charge in [0.25, 0.3) is 5.91 Å². The van der Waals surface area contributed by atoms with E-state index in [4.69, 9.17) is 4.74 Å². The molecule has 0 aliphatic rings. The normalized spacial score (nSPS) is 9.95. The van der Waals surface area contributed by atoms with Crippen molar-refractivity contribution in [2.24, 2.45) is 0 Å². The van der Waals surface area contributed by atoms with E-state index < -0.39 is 5.97 Å². The first-order valence-electron chi connectivity index (χ1n) is 6.68. The lowest BCUT2D eigenvalue weighted by molar-refractivity contribution is -0.148. The number of amides is 2. The van der Waals surface area contributed by atoms with Gasteiger partial charge in [0.15, 0.2) is 6.61 Å². The minimum Gasteiger partial charge on any atom is -0.455 e. The van der Waals surface area contributed by atoms with Crippen LogP contribution in [-0.2, 0) is 19.1 Å². The first-order valence-corrected chi connectivity index (χ1v) is 7.84. The summed E-state index contributed by atoms with van der Waals surface area (Å²) in [5.74, 6) is -0.807. The maximum absolute atomic E-state index is 11.7. The molecule has 0 heterocycles. The second kappa shape index (κ2) is 9.09. The molecule has 22 heavy (non-hydrogen) atoms. The molecule has 6 nitrogen and oxygen atoms in total. The molecular weight excluding hydrogens is 304 g/mol. The van der Waals surface area contributed by atoms with Crippen LogP contribution in [0.5, 0.6) is 0 Å². The number of hydrogen-bond donors (Lipinski definition) is 1. The average Bonchev–Trinajstić information content (AvgIpc) is 2.44. The Balaban J connectivity index is 2.22. The quantitative estimate of drug-likeness (QED) is 0.765. The van der Waals surface area contributed by atoms with Crippen molar-refractivity contribution < 1.29 is 19.1 Å². The molecule has 0 radical (unpaired) electrons. The number of nitrogens with one attached hydrogen (secondary N) is 1. The van der Waals surface area contributed by atoms with Crippen LogP contribution in [0.4, 0.5) is 5.69 Å². The highest BCUT2D eigenvalue weighted by molar-refractivity contribution is 8.00. The van der Waals surface area contributed by atoms with Gasteiger partial charge in [-0.1, -0.05) is 12.1 Å². The number of thioether (sulfide) groups is 1. The van der Waals surface area contributed by atoms with Crippen LogP contribution in [0.1, 0.15) is 5.56 Å². The van der Waals surface area contributed by atoms with Crippen molar-refractivity contribution in [1.82, 2.24) is 4.90 Å². The molecule has 0 unspecified atom stereocenters. The Labute approximate surface area is 134 Å². The summed E-state index contributed by atoms with van der Waals surface area (Å²) >= 11 is 1.14. The van der Waals surface area contributed by atoms with Crippen LogP contribution >= 0.6 is 11.8 Å². The highest BCUT2D eigenvalue weighted by atomic mass is 32.2. The third-order valence-electron chi connectivity index (χ3n) is 2.61. The Hall–Kier alpha value is -2.02. The van der Waals surface area contributed by atoms with E-state index in [0.29, 0.717) is 0 Å². The fraction of sp³-hybridized carbons (Fsp3) is 0.400. The average molecular weight is 324 g/mol. The predicted molar refractivity (Wildman–Crippen MR) is 86.8 cm³/mol. The number of carbonyl (C=O) groups is 3. The number of anilines is 1. The van der Waals surface area contributed by atoms with E-state index in [1.807, 2.05) is 25.1 Å². The molecule has 0 atom stereocenters. The molecule has 1 N–H and O–H groups in total. The maximum atomic E-state index is 11.7. The van der Waals surface area contributed by atoms with E-state index in [9.17, 15) is 14.4 Å². The van der Waals surface area contributed by atoms with Gasteiger partial charge in [0.05, 0.1) is 11.5 Å². The lowest BCUT2D eigenvalue weighted by Gasteiger charge is -2.10. The van der Waals surface area contributed by atoms with Gasteiger partial charge < -0.3 is 15.0 Å². The third kappa shape index (κ3) is 7.12. The first kappa shape index (κ1) is 18.0. The molecule has 1 rings (SSSR count). The zero-order valence-electron chi connectivity index (χ0n) is 12.9. The van der Waals surface area contributed by atoms with Crippen molar-refractivity contribution in [1.29, 1.82) is 0 Å². The summed E-state index contributed by atoms with van der Waals surface area (Å²) in [7, 11) is 3.17. The fourth-order valence-electron chi connectivity index (χ4n) is 1.46. The van der Waals surface area contributed by atoms with Gasteiger partial charge in [-0.15, -0.1) is 11.8 Å². The smallest absolute Gasteiger partial charge is 0.316 e. The Morgan fingerprint density at radius 3 is 2.59 bits per heavy atom. The zero-order valence-corrected chi connectivity index (χ0v) is 13.7. The van der Waals surface area contributed by atoms with Crippen LogP contribution in [0.3, 0.4) is 0 Å². The number of nitrogens with zero attached hydrogens (tertiary/aromatic N) is 1. The van der Waals surface area contributed by atoms with Crippen molar-refractivity contribution >= 4 is 35.2 Å². The van der Waals surface area contributed by atoms with Crippen LogP contribution in [-0.4, -0.2) is 54.9 Å². The van der Waals surface area contributed by atoms with Gasteiger partial charge in [-0.2, -0.15) is 0 Å². The van der Waals surface area contributed by atoms with Crippen LogP contribution < -0.4 is 5.32 Å². The molecule has 7 heteroatoms. The van der Waals surface area contributed by atoms with Crippen LogP contribution in [0, 0.1) is 6.92 Å². The zero-order chi connectivity index (χ0) is 16.5. The Kier molecular flexibility index (Phi) is 7.45. The molecule has 0 aromatic heterocycles. The van der Waals surface area contributed by atoms with Crippen LogP contribution in [0.2, 0.25) is 0 Å². The van der Waals surface area contributed by atoms with Crippen molar-refractivity contribution in [2.45, 2.75) is 6.92 Å². The molecule has 0 aliphatic carbocycles. The number of likely N-dealkylation sites (N-methyl/N-ethyl adjacent to an activating group) is 1. The number of rotatable bonds is 7. The highest BCUT2D eigenvalue weighted by Gasteiger charge is 2.10. The van der Waals surface area contributed by atoms with E-state index in [-0.39, 0.29) is 29.9 Å². The molecule has 120 valence electrons. The Bertz CT molecular complexity index is 546. The minimum absolute atomic E-state index is 0.0297. The molecule has 1 aromatic carbocycles. The lowest BCUT2D eigenvalue weighted by Crippen LogP contribution is -2.28. The molecule has 1 aromatic rings. The van der Waals surface area contributed by atoms with Crippen molar-refractivity contribution in [3.05, 3.63) is 29.8 Å². The van der Waals surface area contributed by atoms with Gasteiger partial charge in [0, 0.05) is 19.8 Å². The number of aryl methyl sites for hydroxylation is 1. The summed E-state index contributed by atoms with van der Waals surface area (Å²) in [5, 5.41) is 2.75. The van der Waals surface area contributed by atoms with Crippen LogP contribution in [0.15, 0.2) is 24.3 Å². The van der Waals surface area contributed by atoms with E-state index in [1.165, 1.54) is 4.90 Å². The summed E-state index contributed by atoms with van der Waals surface area (Å²) in [6, 6.07) is 7.47. The van der Waals surface area contributed by atoms with Gasteiger partial charge in [-0.3, -0.25) is 14.4 Å². The van der Waals surface area contributed by atoms with Crippen LogP contribution in [0.25, 0.3) is 0 Å². The van der Waals surface area contributed by atoms with Gasteiger partial charge >= 0.3 is 5.97 Å². The second-order valence-corrected chi connectivity index (χ2v) is 5.84. The fourth-order valence-corrected chi connectivity index (χ4v) is 2.07. The summed E-state index contributed by atoms with van der Waals surface area (Å²) in [5.41, 5.74) is 1.78. The monoisotopic (exact) mass is 324 g/mol. The second-order valence-electron chi connectivity index (χ2n) is 4.86. The Morgan fingerprint density at radius 1 is 1.23 bits per heavy atom. The van der Waals surface area contributed by atoms with Gasteiger partial charge in [-0.05, 0) is 24.6 Å². The van der Waals surface area contributed by atoms with Crippen molar-refractivity contribution in [3.63, 3.8) is 0 Å². The van der Waals surface area contributed by atoms with E-state index >= 15 is 0 Å². The van der Waals surface area contributed by atoms with Gasteiger partial charge in [0.2, 0.25) is 5.91 Å². The van der Waals surface area contributed by atoms with Gasteiger partial charge in [-0.25, -0.2) is 0 Å². The lowest BCUT2D eigenvalue weighted by atomic mass is 10.2. The molecule has 0 saturated heterocycles. The molecule has 0 spiro atoms. The number of benzene rings is 1. The largest absolute Gasteiger partial charge is 0.455 e. The first-order chi connectivity index (χ1) is 10.4. The minimum atomic E-state index is -0.511. The maximum Gasteiger partial charge on any atom is 0.316 e. The van der Waals surface area contributed by atoms with Crippen molar-refractivity contribution in [3.8, 4) is 0 Å². The van der Waals surface area contributed by atoms with E-state index in [0.717, 1.165) is 23.0 Å². The number of ether oxygens (including phenoxy) is 1. The predicted octanol–water partition coefficient (Wildman–Crippen LogP) is 1.30. The molecule has 0 aliphatic heterocycles. The Morgan fingerprint density at radius 2 is 1.95 bits per heavy atom.